The van der Waals surface area contributed by atoms with Crippen molar-refractivity contribution in [1.82, 2.24) is 20.9 Å². The molecule has 3 aliphatic heterocycles. The van der Waals surface area contributed by atoms with Gasteiger partial charge in [-0.1, -0.05) is 0 Å². The fourth-order valence-electron chi connectivity index (χ4n) is 3.14. The van der Waals surface area contributed by atoms with Gasteiger partial charge in [-0.05, 0) is 32.4 Å². The standard InChI is InChI=1S/C12H18N4O3/c17-9(8-1-4-13-5-2-8)16-6-3-12(7-16)10(18)14-11(19)15-12/h8,13H,1-7H2,(H2,14,15,18,19). The van der Waals surface area contributed by atoms with Gasteiger partial charge in [-0.3, -0.25) is 14.9 Å². The Morgan fingerprint density at radius 1 is 1.26 bits per heavy atom. The highest BCUT2D eigenvalue weighted by atomic mass is 16.2. The van der Waals surface area contributed by atoms with Gasteiger partial charge in [0.15, 0.2) is 0 Å². The molecule has 1 spiro atoms. The molecule has 3 aliphatic rings. The van der Waals surface area contributed by atoms with E-state index in [0.717, 1.165) is 25.9 Å². The van der Waals surface area contributed by atoms with Crippen molar-refractivity contribution in [3.63, 3.8) is 0 Å². The van der Waals surface area contributed by atoms with Crippen LogP contribution >= 0.6 is 0 Å². The number of carbonyl (C=O) groups is 3. The SMILES string of the molecule is O=C1NC(=O)C2(CCN(C(=O)C3CCNCC3)C2)N1. The van der Waals surface area contributed by atoms with Gasteiger partial charge in [0, 0.05) is 12.5 Å². The van der Waals surface area contributed by atoms with Crippen LogP contribution in [-0.2, 0) is 9.59 Å². The number of urea groups is 1. The number of likely N-dealkylation sites (tertiary alicyclic amines) is 1. The van der Waals surface area contributed by atoms with Gasteiger partial charge in [0.1, 0.15) is 5.54 Å². The largest absolute Gasteiger partial charge is 0.339 e. The van der Waals surface area contributed by atoms with Crippen molar-refractivity contribution in [3.8, 4) is 0 Å². The summed E-state index contributed by atoms with van der Waals surface area (Å²) in [5.74, 6) is -0.137. The molecule has 3 heterocycles. The van der Waals surface area contributed by atoms with E-state index in [1.54, 1.807) is 4.90 Å². The number of imide groups is 1. The molecule has 4 amide bonds. The molecule has 0 bridgehead atoms. The molecule has 3 rings (SSSR count). The van der Waals surface area contributed by atoms with E-state index < -0.39 is 11.6 Å². The summed E-state index contributed by atoms with van der Waals surface area (Å²) >= 11 is 0. The summed E-state index contributed by atoms with van der Waals surface area (Å²) < 4.78 is 0. The zero-order valence-corrected chi connectivity index (χ0v) is 10.7. The Labute approximate surface area is 111 Å². The van der Waals surface area contributed by atoms with Crippen LogP contribution < -0.4 is 16.0 Å². The zero-order valence-electron chi connectivity index (χ0n) is 10.7. The molecule has 0 aromatic heterocycles. The molecule has 19 heavy (non-hydrogen) atoms. The van der Waals surface area contributed by atoms with Crippen LogP contribution in [0.15, 0.2) is 0 Å². The lowest BCUT2D eigenvalue weighted by Crippen LogP contribution is -2.50. The molecule has 3 N–H and O–H groups in total. The maximum Gasteiger partial charge on any atom is 0.322 e. The molecule has 1 atom stereocenters. The molecular formula is C12H18N4O3. The number of hydrogen-bond acceptors (Lipinski definition) is 4. The van der Waals surface area contributed by atoms with Crippen molar-refractivity contribution in [2.24, 2.45) is 5.92 Å². The van der Waals surface area contributed by atoms with Crippen molar-refractivity contribution in [3.05, 3.63) is 0 Å². The molecule has 0 aromatic rings. The third kappa shape index (κ3) is 2.07. The topological polar surface area (TPSA) is 90.5 Å². The predicted molar refractivity (Wildman–Crippen MR) is 66.2 cm³/mol. The highest BCUT2D eigenvalue weighted by Gasteiger charge is 2.52. The summed E-state index contributed by atoms with van der Waals surface area (Å²) in [6.45, 7) is 2.57. The van der Waals surface area contributed by atoms with E-state index in [2.05, 4.69) is 16.0 Å². The van der Waals surface area contributed by atoms with Gasteiger partial charge in [-0.2, -0.15) is 0 Å². The smallest absolute Gasteiger partial charge is 0.322 e. The van der Waals surface area contributed by atoms with Crippen LogP contribution in [0.5, 0.6) is 0 Å². The van der Waals surface area contributed by atoms with Gasteiger partial charge in [0.25, 0.3) is 5.91 Å². The minimum absolute atomic E-state index is 0.0524. The lowest BCUT2D eigenvalue weighted by atomic mass is 9.96. The second-order valence-corrected chi connectivity index (χ2v) is 5.52. The summed E-state index contributed by atoms with van der Waals surface area (Å²) in [6, 6.07) is -0.457. The van der Waals surface area contributed by atoms with Crippen LogP contribution in [0.3, 0.4) is 0 Å². The van der Waals surface area contributed by atoms with Crippen LogP contribution in [-0.4, -0.2) is 54.5 Å². The van der Waals surface area contributed by atoms with Gasteiger partial charge < -0.3 is 15.5 Å². The van der Waals surface area contributed by atoms with Gasteiger partial charge in [-0.25, -0.2) is 4.79 Å². The minimum Gasteiger partial charge on any atom is -0.339 e. The van der Waals surface area contributed by atoms with Crippen LogP contribution in [0.1, 0.15) is 19.3 Å². The summed E-state index contributed by atoms with van der Waals surface area (Å²) in [5, 5.41) is 8.14. The Bertz CT molecular complexity index is 433. The second kappa shape index (κ2) is 4.48. The van der Waals surface area contributed by atoms with Crippen molar-refractivity contribution >= 4 is 17.8 Å². The Balaban J connectivity index is 1.67. The number of piperidine rings is 1. The molecule has 0 radical (unpaired) electrons. The molecule has 3 saturated heterocycles. The predicted octanol–water partition coefficient (Wildman–Crippen LogP) is -1.20. The van der Waals surface area contributed by atoms with E-state index >= 15 is 0 Å². The molecule has 104 valence electrons. The summed E-state index contributed by atoms with van der Waals surface area (Å²) in [7, 11) is 0. The molecule has 7 nitrogen and oxygen atoms in total. The molecular weight excluding hydrogens is 248 g/mol. The van der Waals surface area contributed by atoms with E-state index in [-0.39, 0.29) is 17.7 Å². The minimum atomic E-state index is -0.889. The number of hydrogen-bond donors (Lipinski definition) is 3. The van der Waals surface area contributed by atoms with Crippen molar-refractivity contribution in [1.29, 1.82) is 0 Å². The van der Waals surface area contributed by atoms with Crippen LogP contribution in [0.25, 0.3) is 0 Å². The van der Waals surface area contributed by atoms with E-state index in [4.69, 9.17) is 0 Å². The van der Waals surface area contributed by atoms with E-state index in [1.807, 2.05) is 0 Å². The van der Waals surface area contributed by atoms with Crippen LogP contribution in [0.4, 0.5) is 4.79 Å². The van der Waals surface area contributed by atoms with Crippen LogP contribution in [0.2, 0.25) is 0 Å². The van der Waals surface area contributed by atoms with E-state index in [0.29, 0.717) is 19.5 Å². The first-order chi connectivity index (χ1) is 9.11. The Kier molecular flexibility index (Phi) is 2.93. The van der Waals surface area contributed by atoms with Crippen molar-refractivity contribution in [2.45, 2.75) is 24.8 Å². The van der Waals surface area contributed by atoms with Gasteiger partial charge in [-0.15, -0.1) is 0 Å². The third-order valence-electron chi connectivity index (χ3n) is 4.28. The number of nitrogens with zero attached hydrogens (tertiary/aromatic N) is 1. The Hall–Kier alpha value is -1.63. The van der Waals surface area contributed by atoms with Crippen molar-refractivity contribution in [2.75, 3.05) is 26.2 Å². The normalized spacial score (nSPS) is 31.7. The average Bonchev–Trinajstić information content (AvgIpc) is 2.95. The van der Waals surface area contributed by atoms with E-state index in [9.17, 15) is 14.4 Å². The first kappa shape index (κ1) is 12.4. The van der Waals surface area contributed by atoms with Gasteiger partial charge in [0.2, 0.25) is 5.91 Å². The summed E-state index contributed by atoms with van der Waals surface area (Å²) in [5.41, 5.74) is -0.889. The molecule has 3 fully saturated rings. The first-order valence-electron chi connectivity index (χ1n) is 6.74. The fourth-order valence-corrected chi connectivity index (χ4v) is 3.14. The first-order valence-corrected chi connectivity index (χ1v) is 6.74. The molecule has 0 aromatic carbocycles. The number of nitrogens with one attached hydrogen (secondary N) is 3. The number of rotatable bonds is 1. The summed E-state index contributed by atoms with van der Waals surface area (Å²) in [4.78, 5) is 37.2. The van der Waals surface area contributed by atoms with Gasteiger partial charge >= 0.3 is 6.03 Å². The number of amides is 4. The zero-order chi connectivity index (χ0) is 13.5. The lowest BCUT2D eigenvalue weighted by molar-refractivity contribution is -0.135. The number of carbonyl (C=O) groups excluding carboxylic acids is 3. The third-order valence-corrected chi connectivity index (χ3v) is 4.28. The van der Waals surface area contributed by atoms with Crippen LogP contribution in [0, 0.1) is 5.92 Å². The Morgan fingerprint density at radius 2 is 2.00 bits per heavy atom. The molecule has 0 aliphatic carbocycles. The second-order valence-electron chi connectivity index (χ2n) is 5.52. The highest BCUT2D eigenvalue weighted by Crippen LogP contribution is 2.27. The maximum absolute atomic E-state index is 12.4. The monoisotopic (exact) mass is 266 g/mol. The summed E-state index contributed by atoms with van der Waals surface area (Å²) in [6.07, 6.45) is 2.20. The maximum atomic E-state index is 12.4. The molecule has 1 unspecified atom stereocenters. The van der Waals surface area contributed by atoms with E-state index in [1.165, 1.54) is 0 Å². The average molecular weight is 266 g/mol. The lowest BCUT2D eigenvalue weighted by Gasteiger charge is -2.27. The highest BCUT2D eigenvalue weighted by molar-refractivity contribution is 6.07. The fraction of sp³-hybridized carbons (Fsp3) is 0.750. The Morgan fingerprint density at radius 3 is 2.63 bits per heavy atom. The molecule has 0 saturated carbocycles. The van der Waals surface area contributed by atoms with Crippen molar-refractivity contribution < 1.29 is 14.4 Å². The quantitative estimate of drug-likeness (QED) is 0.520. The van der Waals surface area contributed by atoms with Gasteiger partial charge in [0.05, 0.1) is 6.54 Å². The molecule has 7 heteroatoms.